The first-order chi connectivity index (χ1) is 8.31. The highest BCUT2D eigenvalue weighted by molar-refractivity contribution is 5.43. The molecule has 1 saturated carbocycles. The van der Waals surface area contributed by atoms with Crippen molar-refractivity contribution in [1.29, 1.82) is 0 Å². The summed E-state index contributed by atoms with van der Waals surface area (Å²) in [6, 6.07) is 2.62. The maximum Gasteiger partial charge on any atom is 0.227 e. The van der Waals surface area contributed by atoms with E-state index in [0.29, 0.717) is 6.04 Å². The fourth-order valence-electron chi connectivity index (χ4n) is 2.39. The van der Waals surface area contributed by atoms with Crippen molar-refractivity contribution in [1.82, 2.24) is 9.97 Å². The van der Waals surface area contributed by atoms with Crippen molar-refractivity contribution >= 4 is 11.8 Å². The molecule has 4 nitrogen and oxygen atoms in total. The summed E-state index contributed by atoms with van der Waals surface area (Å²) in [6.07, 6.45) is 7.01. The second kappa shape index (κ2) is 4.51. The van der Waals surface area contributed by atoms with Gasteiger partial charge in [0, 0.05) is 25.3 Å². The van der Waals surface area contributed by atoms with Crippen molar-refractivity contribution in [2.75, 3.05) is 23.3 Å². The Morgan fingerprint density at radius 2 is 2.24 bits per heavy atom. The Bertz CT molecular complexity index is 389. The van der Waals surface area contributed by atoms with Gasteiger partial charge in [-0.25, -0.2) is 4.98 Å². The van der Waals surface area contributed by atoms with Gasteiger partial charge in [-0.3, -0.25) is 0 Å². The highest BCUT2D eigenvalue weighted by Gasteiger charge is 2.22. The van der Waals surface area contributed by atoms with Crippen LogP contribution in [0.25, 0.3) is 0 Å². The van der Waals surface area contributed by atoms with Crippen LogP contribution in [0.1, 0.15) is 32.6 Å². The van der Waals surface area contributed by atoms with E-state index in [-0.39, 0.29) is 0 Å². The van der Waals surface area contributed by atoms with Crippen LogP contribution in [-0.2, 0) is 0 Å². The number of rotatable bonds is 3. The average Bonchev–Trinajstić information content (AvgIpc) is 3.13. The average molecular weight is 232 g/mol. The minimum atomic E-state index is 0.651. The molecule has 17 heavy (non-hydrogen) atoms. The van der Waals surface area contributed by atoms with Crippen molar-refractivity contribution in [2.45, 2.75) is 38.6 Å². The van der Waals surface area contributed by atoms with E-state index in [4.69, 9.17) is 0 Å². The predicted molar refractivity (Wildman–Crippen MR) is 69.3 cm³/mol. The van der Waals surface area contributed by atoms with Gasteiger partial charge in [-0.1, -0.05) is 6.92 Å². The summed E-state index contributed by atoms with van der Waals surface area (Å²) < 4.78 is 0. The van der Waals surface area contributed by atoms with Crippen molar-refractivity contribution in [3.8, 4) is 0 Å². The largest absolute Gasteiger partial charge is 0.367 e. The second-order valence-corrected chi connectivity index (χ2v) is 5.35. The zero-order valence-corrected chi connectivity index (χ0v) is 10.4. The zero-order chi connectivity index (χ0) is 11.7. The molecule has 1 aliphatic heterocycles. The van der Waals surface area contributed by atoms with E-state index in [9.17, 15) is 0 Å². The lowest BCUT2D eigenvalue weighted by Gasteiger charge is -2.30. The third-order valence-electron chi connectivity index (χ3n) is 3.51. The van der Waals surface area contributed by atoms with Crippen molar-refractivity contribution in [3.05, 3.63) is 12.3 Å². The molecule has 1 aliphatic carbocycles. The summed E-state index contributed by atoms with van der Waals surface area (Å²) in [7, 11) is 0. The second-order valence-electron chi connectivity index (χ2n) is 5.35. The lowest BCUT2D eigenvalue weighted by Crippen LogP contribution is -2.35. The number of aromatic nitrogens is 2. The van der Waals surface area contributed by atoms with Crippen molar-refractivity contribution < 1.29 is 0 Å². The summed E-state index contributed by atoms with van der Waals surface area (Å²) >= 11 is 0. The number of nitrogens with zero attached hydrogens (tertiary/aromatic N) is 3. The van der Waals surface area contributed by atoms with E-state index in [2.05, 4.69) is 27.1 Å². The lowest BCUT2D eigenvalue weighted by atomic mass is 10.0. The monoisotopic (exact) mass is 232 g/mol. The summed E-state index contributed by atoms with van der Waals surface area (Å²) in [4.78, 5) is 11.3. The molecule has 2 heterocycles. The fourth-order valence-corrected chi connectivity index (χ4v) is 2.39. The minimum absolute atomic E-state index is 0.651. The fraction of sp³-hybridized carbons (Fsp3) is 0.692. The van der Waals surface area contributed by atoms with E-state index < -0.39 is 0 Å². The SMILES string of the molecule is CC1CCCN(c2nccc(NC3CC3)n2)C1. The quantitative estimate of drug-likeness (QED) is 0.868. The first-order valence-electron chi connectivity index (χ1n) is 6.66. The smallest absolute Gasteiger partial charge is 0.227 e. The molecule has 0 spiro atoms. The molecule has 1 N–H and O–H groups in total. The molecule has 1 aromatic rings. The lowest BCUT2D eigenvalue weighted by molar-refractivity contribution is 0.442. The molecule has 92 valence electrons. The van der Waals surface area contributed by atoms with Gasteiger partial charge in [0.05, 0.1) is 0 Å². The van der Waals surface area contributed by atoms with E-state index in [0.717, 1.165) is 30.8 Å². The highest BCUT2D eigenvalue weighted by atomic mass is 15.3. The summed E-state index contributed by atoms with van der Waals surface area (Å²) in [5.41, 5.74) is 0. The minimum Gasteiger partial charge on any atom is -0.367 e. The van der Waals surface area contributed by atoms with E-state index in [1.54, 1.807) is 0 Å². The number of nitrogens with one attached hydrogen (secondary N) is 1. The van der Waals surface area contributed by atoms with Gasteiger partial charge in [-0.05, 0) is 37.7 Å². The Hall–Kier alpha value is -1.32. The molecule has 3 rings (SSSR count). The Labute approximate surface area is 102 Å². The van der Waals surface area contributed by atoms with Crippen LogP contribution < -0.4 is 10.2 Å². The van der Waals surface area contributed by atoms with Crippen LogP contribution >= 0.6 is 0 Å². The van der Waals surface area contributed by atoms with Crippen LogP contribution in [0, 0.1) is 5.92 Å². The third kappa shape index (κ3) is 2.68. The van der Waals surface area contributed by atoms with Crippen LogP contribution in [0.4, 0.5) is 11.8 Å². The van der Waals surface area contributed by atoms with Gasteiger partial charge in [0.2, 0.25) is 5.95 Å². The molecule has 2 aliphatic rings. The zero-order valence-electron chi connectivity index (χ0n) is 10.4. The van der Waals surface area contributed by atoms with E-state index in [1.165, 1.54) is 25.7 Å². The number of hydrogen-bond donors (Lipinski definition) is 1. The molecule has 1 unspecified atom stereocenters. The van der Waals surface area contributed by atoms with E-state index >= 15 is 0 Å². The molecular weight excluding hydrogens is 212 g/mol. The molecule has 1 aromatic heterocycles. The highest BCUT2D eigenvalue weighted by Crippen LogP contribution is 2.25. The summed E-state index contributed by atoms with van der Waals surface area (Å²) in [5, 5.41) is 3.43. The van der Waals surface area contributed by atoms with Gasteiger partial charge in [0.1, 0.15) is 5.82 Å². The van der Waals surface area contributed by atoms with Gasteiger partial charge < -0.3 is 10.2 Å². The number of piperidine rings is 1. The van der Waals surface area contributed by atoms with Gasteiger partial charge >= 0.3 is 0 Å². The molecular formula is C13H20N4. The molecule has 0 aromatic carbocycles. The molecule has 0 bridgehead atoms. The number of hydrogen-bond acceptors (Lipinski definition) is 4. The summed E-state index contributed by atoms with van der Waals surface area (Å²) in [5.74, 6) is 2.63. The van der Waals surface area contributed by atoms with Crippen LogP contribution in [0.2, 0.25) is 0 Å². The van der Waals surface area contributed by atoms with Gasteiger partial charge in [0.15, 0.2) is 0 Å². The molecule has 2 fully saturated rings. The van der Waals surface area contributed by atoms with Crippen molar-refractivity contribution in [3.63, 3.8) is 0 Å². The first-order valence-corrected chi connectivity index (χ1v) is 6.66. The topological polar surface area (TPSA) is 41.1 Å². The van der Waals surface area contributed by atoms with Gasteiger partial charge in [-0.15, -0.1) is 0 Å². The van der Waals surface area contributed by atoms with Crippen molar-refractivity contribution in [2.24, 2.45) is 5.92 Å². The van der Waals surface area contributed by atoms with Crippen LogP contribution in [-0.4, -0.2) is 29.1 Å². The molecule has 0 radical (unpaired) electrons. The van der Waals surface area contributed by atoms with E-state index in [1.807, 2.05) is 12.3 Å². The Morgan fingerprint density at radius 1 is 1.35 bits per heavy atom. The third-order valence-corrected chi connectivity index (χ3v) is 3.51. The van der Waals surface area contributed by atoms with Gasteiger partial charge in [-0.2, -0.15) is 4.98 Å². The molecule has 4 heteroatoms. The normalized spacial score (nSPS) is 24.8. The molecule has 1 atom stereocenters. The van der Waals surface area contributed by atoms with Gasteiger partial charge in [0.25, 0.3) is 0 Å². The first kappa shape index (κ1) is 10.8. The molecule has 0 amide bonds. The summed E-state index contributed by atoms with van der Waals surface area (Å²) in [6.45, 7) is 4.49. The Kier molecular flexibility index (Phi) is 2.87. The Balaban J connectivity index is 1.72. The Morgan fingerprint density at radius 3 is 3.00 bits per heavy atom. The van der Waals surface area contributed by atoms with Crippen LogP contribution in [0.3, 0.4) is 0 Å². The molecule has 1 saturated heterocycles. The van der Waals surface area contributed by atoms with Crippen LogP contribution in [0.15, 0.2) is 12.3 Å². The number of anilines is 2. The standard InChI is InChI=1S/C13H20N4/c1-10-3-2-8-17(9-10)13-14-7-6-12(16-13)15-11-4-5-11/h6-7,10-11H,2-5,8-9H2,1H3,(H,14,15,16). The maximum atomic E-state index is 4.61. The maximum absolute atomic E-state index is 4.61. The predicted octanol–water partition coefficient (Wildman–Crippen LogP) is 2.29. The van der Waals surface area contributed by atoms with Crippen LogP contribution in [0.5, 0.6) is 0 Å².